The van der Waals surface area contributed by atoms with Gasteiger partial charge in [0.05, 0.1) is 11.9 Å². The van der Waals surface area contributed by atoms with Crippen molar-refractivity contribution in [3.63, 3.8) is 0 Å². The van der Waals surface area contributed by atoms with Crippen LogP contribution in [0, 0.1) is 0 Å². The lowest BCUT2D eigenvalue weighted by Gasteiger charge is -2.11. The third-order valence-electron chi connectivity index (χ3n) is 2.31. The Morgan fingerprint density at radius 2 is 2.05 bits per heavy atom. The molecule has 1 aromatic carbocycles. The minimum atomic E-state index is -3.06. The Morgan fingerprint density at radius 1 is 1.35 bits per heavy atom. The lowest BCUT2D eigenvalue weighted by Crippen LogP contribution is -2.12. The van der Waals surface area contributed by atoms with Crippen molar-refractivity contribution in [2.75, 3.05) is 11.9 Å². The minimum Gasteiger partial charge on any atom is -0.462 e. The maximum Gasteiger partial charge on any atom is 0.387 e. The highest BCUT2D eigenvalue weighted by molar-refractivity contribution is 9.09. The molecule has 0 aromatic heterocycles. The van der Waals surface area contributed by atoms with Crippen LogP contribution in [0.15, 0.2) is 18.2 Å². The van der Waals surface area contributed by atoms with Gasteiger partial charge in [0.2, 0.25) is 0 Å². The summed E-state index contributed by atoms with van der Waals surface area (Å²) in [6.07, 6.45) is 0.0634. The number of Topliss-reactive ketones (excluding diaryl/α,β-unsaturated/α-hetero) is 1. The normalized spacial score (nSPS) is 10.4. The number of esters is 1. The number of hydrogen-bond donors (Lipinski definition) is 0. The lowest BCUT2D eigenvalue weighted by atomic mass is 10.1. The molecule has 0 unspecified atom stereocenters. The molecule has 0 heterocycles. The Morgan fingerprint density at radius 3 is 2.60 bits per heavy atom. The minimum absolute atomic E-state index is 0.0634. The van der Waals surface area contributed by atoms with Gasteiger partial charge >= 0.3 is 12.6 Å². The van der Waals surface area contributed by atoms with Gasteiger partial charge in [0.25, 0.3) is 0 Å². The Labute approximate surface area is 123 Å². The predicted octanol–water partition coefficient (Wildman–Crippen LogP) is 2.97. The van der Waals surface area contributed by atoms with E-state index in [1.54, 1.807) is 6.92 Å². The molecule has 0 aliphatic carbocycles. The molecule has 7 heteroatoms. The van der Waals surface area contributed by atoms with Crippen molar-refractivity contribution in [2.45, 2.75) is 20.0 Å². The summed E-state index contributed by atoms with van der Waals surface area (Å²) in [5.41, 5.74) is 0.389. The Kier molecular flexibility index (Phi) is 6.57. The standard InChI is InChI=1S/C13H13BrF2O4/c1-2-19-12(18)10-4-3-8(5-9(17)7-14)6-11(10)20-13(15)16/h3-4,6,13H,2,5,7H2,1H3. The first kappa shape index (κ1) is 16.6. The van der Waals surface area contributed by atoms with E-state index in [1.165, 1.54) is 18.2 Å². The molecule has 0 bridgehead atoms. The van der Waals surface area contributed by atoms with Crippen molar-refractivity contribution in [1.82, 2.24) is 0 Å². The lowest BCUT2D eigenvalue weighted by molar-refractivity contribution is -0.115. The number of halogens is 3. The molecular weight excluding hydrogens is 338 g/mol. The van der Waals surface area contributed by atoms with Crippen molar-refractivity contribution in [3.8, 4) is 5.75 Å². The first-order chi connectivity index (χ1) is 9.47. The Bertz CT molecular complexity index is 491. The van der Waals surface area contributed by atoms with Gasteiger partial charge in [-0.25, -0.2) is 4.79 Å². The summed E-state index contributed by atoms with van der Waals surface area (Å²) in [5, 5.41) is 0.164. The largest absolute Gasteiger partial charge is 0.462 e. The summed E-state index contributed by atoms with van der Waals surface area (Å²) in [4.78, 5) is 22.9. The zero-order valence-electron chi connectivity index (χ0n) is 10.7. The summed E-state index contributed by atoms with van der Waals surface area (Å²) in [6, 6.07) is 4.07. The molecule has 1 rings (SSSR count). The Hall–Kier alpha value is -1.50. The number of benzene rings is 1. The molecule has 0 fully saturated rings. The van der Waals surface area contributed by atoms with E-state index >= 15 is 0 Å². The zero-order chi connectivity index (χ0) is 15.1. The van der Waals surface area contributed by atoms with Crippen LogP contribution in [0.2, 0.25) is 0 Å². The molecule has 1 aromatic rings. The van der Waals surface area contributed by atoms with E-state index in [0.717, 1.165) is 0 Å². The van der Waals surface area contributed by atoms with Crippen LogP contribution in [-0.2, 0) is 16.0 Å². The molecule has 0 atom stereocenters. The summed E-state index contributed by atoms with van der Waals surface area (Å²) in [7, 11) is 0. The summed E-state index contributed by atoms with van der Waals surface area (Å²) < 4.78 is 33.8. The van der Waals surface area contributed by atoms with E-state index < -0.39 is 12.6 Å². The van der Waals surface area contributed by atoms with Gasteiger partial charge < -0.3 is 9.47 Å². The fourth-order valence-electron chi connectivity index (χ4n) is 1.52. The van der Waals surface area contributed by atoms with Crippen molar-refractivity contribution in [2.24, 2.45) is 0 Å². The maximum absolute atomic E-state index is 12.4. The van der Waals surface area contributed by atoms with Crippen LogP contribution in [0.4, 0.5) is 8.78 Å². The van der Waals surface area contributed by atoms with Crippen LogP contribution in [0.5, 0.6) is 5.75 Å². The van der Waals surface area contributed by atoms with Crippen molar-refractivity contribution < 1.29 is 27.8 Å². The number of alkyl halides is 3. The van der Waals surface area contributed by atoms with E-state index in [2.05, 4.69) is 20.7 Å². The number of carbonyl (C=O) groups excluding carboxylic acids is 2. The van der Waals surface area contributed by atoms with E-state index in [1.807, 2.05) is 0 Å². The van der Waals surface area contributed by atoms with Gasteiger partial charge in [-0.15, -0.1) is 0 Å². The highest BCUT2D eigenvalue weighted by atomic mass is 79.9. The van der Waals surface area contributed by atoms with Gasteiger partial charge in [0.1, 0.15) is 17.1 Å². The van der Waals surface area contributed by atoms with Crippen LogP contribution < -0.4 is 4.74 Å². The summed E-state index contributed by atoms with van der Waals surface area (Å²) in [5.74, 6) is -1.16. The summed E-state index contributed by atoms with van der Waals surface area (Å²) in [6.45, 7) is -1.34. The zero-order valence-corrected chi connectivity index (χ0v) is 12.3. The highest BCUT2D eigenvalue weighted by Gasteiger charge is 2.18. The number of ether oxygens (including phenoxy) is 2. The molecule has 0 aliphatic heterocycles. The van der Waals surface area contributed by atoms with E-state index in [9.17, 15) is 18.4 Å². The number of hydrogen-bond acceptors (Lipinski definition) is 4. The van der Waals surface area contributed by atoms with E-state index in [-0.39, 0.29) is 35.5 Å². The molecular formula is C13H13BrF2O4. The van der Waals surface area contributed by atoms with Gasteiger partial charge in [-0.05, 0) is 24.6 Å². The highest BCUT2D eigenvalue weighted by Crippen LogP contribution is 2.24. The van der Waals surface area contributed by atoms with Crippen LogP contribution in [0.1, 0.15) is 22.8 Å². The fourth-order valence-corrected chi connectivity index (χ4v) is 1.72. The van der Waals surface area contributed by atoms with Crippen molar-refractivity contribution in [3.05, 3.63) is 29.3 Å². The molecule has 0 aliphatic rings. The first-order valence-electron chi connectivity index (χ1n) is 5.80. The van der Waals surface area contributed by atoms with Gasteiger partial charge in [-0.3, -0.25) is 4.79 Å². The smallest absolute Gasteiger partial charge is 0.387 e. The summed E-state index contributed by atoms with van der Waals surface area (Å²) >= 11 is 3.01. The quantitative estimate of drug-likeness (QED) is 0.560. The van der Waals surface area contributed by atoms with E-state index in [4.69, 9.17) is 4.74 Å². The molecule has 4 nitrogen and oxygen atoms in total. The van der Waals surface area contributed by atoms with Gasteiger partial charge in [0, 0.05) is 6.42 Å². The monoisotopic (exact) mass is 350 g/mol. The second-order valence-corrected chi connectivity index (χ2v) is 4.34. The number of ketones is 1. The number of carbonyl (C=O) groups is 2. The van der Waals surface area contributed by atoms with Crippen molar-refractivity contribution in [1.29, 1.82) is 0 Å². The Balaban J connectivity index is 3.05. The predicted molar refractivity (Wildman–Crippen MR) is 71.5 cm³/mol. The molecule has 0 spiro atoms. The van der Waals surface area contributed by atoms with Crippen molar-refractivity contribution >= 4 is 27.7 Å². The first-order valence-corrected chi connectivity index (χ1v) is 6.92. The molecule has 0 saturated heterocycles. The number of rotatable bonds is 7. The van der Waals surface area contributed by atoms with E-state index in [0.29, 0.717) is 5.56 Å². The maximum atomic E-state index is 12.4. The second-order valence-electron chi connectivity index (χ2n) is 3.78. The molecule has 20 heavy (non-hydrogen) atoms. The van der Waals surface area contributed by atoms with Crippen LogP contribution in [0.25, 0.3) is 0 Å². The van der Waals surface area contributed by atoms with Crippen LogP contribution in [-0.4, -0.2) is 30.3 Å². The topological polar surface area (TPSA) is 52.6 Å². The molecule has 0 saturated carbocycles. The van der Waals surface area contributed by atoms with Gasteiger partial charge in [-0.1, -0.05) is 22.0 Å². The fraction of sp³-hybridized carbons (Fsp3) is 0.385. The SMILES string of the molecule is CCOC(=O)c1ccc(CC(=O)CBr)cc1OC(F)F. The molecule has 110 valence electrons. The third kappa shape index (κ3) is 4.88. The molecule has 0 radical (unpaired) electrons. The van der Waals surface area contributed by atoms with Gasteiger partial charge in [-0.2, -0.15) is 8.78 Å². The molecule has 0 N–H and O–H groups in total. The molecule has 0 amide bonds. The average Bonchev–Trinajstić information content (AvgIpc) is 2.38. The van der Waals surface area contributed by atoms with Crippen LogP contribution in [0.3, 0.4) is 0 Å². The average molecular weight is 351 g/mol. The van der Waals surface area contributed by atoms with Gasteiger partial charge in [0.15, 0.2) is 0 Å². The third-order valence-corrected chi connectivity index (χ3v) is 2.93. The second kappa shape index (κ2) is 7.94. The van der Waals surface area contributed by atoms with Crippen LogP contribution >= 0.6 is 15.9 Å².